The van der Waals surface area contributed by atoms with Gasteiger partial charge in [0.15, 0.2) is 0 Å². The van der Waals surface area contributed by atoms with Crippen LogP contribution in [0, 0.1) is 17.5 Å². The fourth-order valence-corrected chi connectivity index (χ4v) is 9.35. The van der Waals surface area contributed by atoms with Gasteiger partial charge in [-0.1, -0.05) is 175 Å². The molecule has 0 spiro atoms. The van der Waals surface area contributed by atoms with E-state index in [2.05, 4.69) is 157 Å². The van der Waals surface area contributed by atoms with Crippen molar-refractivity contribution in [3.63, 3.8) is 0 Å². The molecule has 3 aromatic heterocycles. The zero-order chi connectivity index (χ0) is 42.1. The molecule has 0 fully saturated rings. The molecule has 0 bridgehead atoms. The molecule has 0 amide bonds. The molecule has 0 unspecified atom stereocenters. The third kappa shape index (κ3) is 9.93. The summed E-state index contributed by atoms with van der Waals surface area (Å²) in [6.45, 7) is 22.1. The van der Waals surface area contributed by atoms with Crippen LogP contribution >= 0.6 is 0 Å². The summed E-state index contributed by atoms with van der Waals surface area (Å²) in [6, 6.07) is 48.7. The second kappa shape index (κ2) is 18.1. The smallest absolute Gasteiger partial charge is 0.129 e. The van der Waals surface area contributed by atoms with Crippen LogP contribution in [-0.4, -0.2) is 18.0 Å². The van der Waals surface area contributed by atoms with Crippen molar-refractivity contribution in [1.82, 2.24) is 9.97 Å². The van der Waals surface area contributed by atoms with Gasteiger partial charge in [0.25, 0.3) is 0 Å². The van der Waals surface area contributed by atoms with Crippen molar-refractivity contribution >= 4 is 35.2 Å². The van der Waals surface area contributed by atoms with Gasteiger partial charge in [-0.05, 0) is 63.0 Å². The van der Waals surface area contributed by atoms with E-state index >= 15 is 0 Å². The average Bonchev–Trinajstić information content (AvgIpc) is 3.59. The number of nitrogens with zero attached hydrogens (tertiary/aromatic N) is 2. The van der Waals surface area contributed by atoms with Crippen LogP contribution in [0.3, 0.4) is 0 Å². The monoisotopic (exact) mass is 970 g/mol. The summed E-state index contributed by atoms with van der Waals surface area (Å²) >= 11 is 0. The van der Waals surface area contributed by atoms with Crippen molar-refractivity contribution in [2.24, 2.45) is 5.41 Å². The molecule has 1 radical (unpaired) electrons. The molecule has 0 saturated heterocycles. The Hall–Kier alpha value is -4.93. The first-order valence-corrected chi connectivity index (χ1v) is 24.0. The van der Waals surface area contributed by atoms with E-state index in [4.69, 9.17) is 15.8 Å². The number of rotatable bonds is 8. The zero-order valence-corrected chi connectivity index (χ0v) is 39.5. The van der Waals surface area contributed by atoms with E-state index in [-0.39, 0.29) is 25.5 Å². The van der Waals surface area contributed by atoms with Gasteiger partial charge in [0.05, 0.1) is 13.7 Å². The fourth-order valence-electron chi connectivity index (χ4n) is 7.77. The van der Waals surface area contributed by atoms with Crippen LogP contribution in [-0.2, 0) is 26.5 Å². The Labute approximate surface area is 368 Å². The van der Waals surface area contributed by atoms with Crippen molar-refractivity contribution in [2.75, 3.05) is 0 Å². The van der Waals surface area contributed by atoms with Gasteiger partial charge in [-0.2, -0.15) is 0 Å². The van der Waals surface area contributed by atoms with E-state index in [0.29, 0.717) is 5.92 Å². The molecular weight excluding hydrogens is 913 g/mol. The van der Waals surface area contributed by atoms with Gasteiger partial charge in [0.2, 0.25) is 0 Å². The molecule has 5 heteroatoms. The van der Waals surface area contributed by atoms with Gasteiger partial charge in [-0.25, -0.2) is 0 Å². The minimum atomic E-state index is -1.57. The molecule has 59 heavy (non-hydrogen) atoms. The molecule has 3 nitrogen and oxygen atoms in total. The molecule has 0 saturated carbocycles. The van der Waals surface area contributed by atoms with Crippen molar-refractivity contribution in [3.05, 3.63) is 163 Å². The molecule has 0 aliphatic heterocycles. The molecule has 0 aliphatic rings. The summed E-state index contributed by atoms with van der Waals surface area (Å²) < 4.78 is 15.3. The van der Waals surface area contributed by atoms with E-state index in [1.165, 1.54) is 33.0 Å². The number of furan rings is 1. The SMILES string of the molecule is CC(C)c1ccc2c(oc3c(-c4cc(CC(C)(C)C)ccn4)[c-]ccc32)c1-c1ccccc1.[2H]C(C)(C)c1cc(-c2[c-]ccc(-c3ccccc3)c2)ncc1[Si](C)(C)C.[Ir]. The van der Waals surface area contributed by atoms with Crippen molar-refractivity contribution in [1.29, 1.82) is 0 Å². The van der Waals surface area contributed by atoms with Crippen LogP contribution in [0.25, 0.3) is 66.7 Å². The van der Waals surface area contributed by atoms with Crippen molar-refractivity contribution < 1.29 is 25.9 Å². The Balaban J connectivity index is 0.000000204. The van der Waals surface area contributed by atoms with E-state index in [1.807, 2.05) is 56.6 Å². The predicted octanol–water partition coefficient (Wildman–Crippen LogP) is 14.7. The van der Waals surface area contributed by atoms with Gasteiger partial charge in [-0.3, -0.25) is 0 Å². The fraction of sp³-hybridized carbons (Fsp3) is 0.259. The Morgan fingerprint density at radius 1 is 0.678 bits per heavy atom. The molecule has 8 aromatic rings. The first-order valence-electron chi connectivity index (χ1n) is 21.0. The number of hydrogen-bond acceptors (Lipinski definition) is 3. The molecule has 303 valence electrons. The van der Waals surface area contributed by atoms with Gasteiger partial charge < -0.3 is 14.4 Å². The van der Waals surface area contributed by atoms with Crippen LogP contribution in [0.1, 0.15) is 78.3 Å². The minimum absolute atomic E-state index is 0. The Kier molecular flexibility index (Phi) is 13.0. The van der Waals surface area contributed by atoms with Crippen LogP contribution in [0.15, 0.2) is 138 Å². The van der Waals surface area contributed by atoms with Crippen LogP contribution < -0.4 is 5.19 Å². The Morgan fingerprint density at radius 3 is 1.98 bits per heavy atom. The van der Waals surface area contributed by atoms with E-state index in [1.54, 1.807) is 0 Å². The summed E-state index contributed by atoms with van der Waals surface area (Å²) in [4.78, 5) is 9.44. The largest absolute Gasteiger partial charge is 0.500 e. The van der Waals surface area contributed by atoms with Crippen molar-refractivity contribution in [2.45, 2.75) is 86.3 Å². The quantitative estimate of drug-likeness (QED) is 0.112. The first kappa shape index (κ1) is 42.2. The summed E-state index contributed by atoms with van der Waals surface area (Å²) in [5.74, 6) is -0.260. The van der Waals surface area contributed by atoms with Gasteiger partial charge >= 0.3 is 0 Å². The Morgan fingerprint density at radius 2 is 1.34 bits per heavy atom. The third-order valence-corrected chi connectivity index (χ3v) is 12.6. The minimum Gasteiger partial charge on any atom is -0.500 e. The maximum Gasteiger partial charge on any atom is 0.129 e. The number of hydrogen-bond donors (Lipinski definition) is 0. The molecule has 8 rings (SSSR count). The number of fused-ring (bicyclic) bond motifs is 3. The van der Waals surface area contributed by atoms with Gasteiger partial charge in [0.1, 0.15) is 5.58 Å². The maximum absolute atomic E-state index is 8.61. The average molecular weight is 970 g/mol. The van der Waals surface area contributed by atoms with E-state index in [9.17, 15) is 0 Å². The number of benzene rings is 5. The topological polar surface area (TPSA) is 38.9 Å². The molecule has 5 aromatic carbocycles. The van der Waals surface area contributed by atoms with E-state index in [0.717, 1.165) is 62.0 Å². The summed E-state index contributed by atoms with van der Waals surface area (Å²) in [6.07, 6.45) is 4.89. The second-order valence-corrected chi connectivity index (χ2v) is 23.2. The van der Waals surface area contributed by atoms with Crippen LogP contribution in [0.2, 0.25) is 19.6 Å². The first-order chi connectivity index (χ1) is 28.0. The summed E-state index contributed by atoms with van der Waals surface area (Å²) in [5.41, 5.74) is 14.1. The van der Waals surface area contributed by atoms with Gasteiger partial charge in [-0.15, -0.1) is 53.6 Å². The van der Waals surface area contributed by atoms with E-state index < -0.39 is 14.0 Å². The van der Waals surface area contributed by atoms with Gasteiger partial charge in [0, 0.05) is 44.8 Å². The molecule has 0 N–H and O–H groups in total. The number of aromatic nitrogens is 2. The summed E-state index contributed by atoms with van der Waals surface area (Å²) in [7, 11) is -1.57. The molecule has 0 aliphatic carbocycles. The van der Waals surface area contributed by atoms with Crippen LogP contribution in [0.4, 0.5) is 0 Å². The third-order valence-electron chi connectivity index (χ3n) is 10.6. The van der Waals surface area contributed by atoms with Crippen LogP contribution in [0.5, 0.6) is 0 Å². The Bertz CT molecular complexity index is 2720. The standard InChI is InChI=1S/C31H30NO.C23H26NSi.Ir/c1-20(2)23-14-15-25-24-12-9-13-26(27-18-21(16-17-32-27)19-31(3,4)5)29(24)33-30(25)28(23)22-10-7-6-8-11-22;1-17(2)21-15-22(24-16-23(21)25(3,4)5)20-13-9-12-19(14-20)18-10-7-6-8-11-18;/h6-12,14-18,20H,19H2,1-5H3;6-12,14-17H,1-5H3;/q2*-1;/i;17D;. The molecular formula is C54H56IrN2OSi-2. The predicted molar refractivity (Wildman–Crippen MR) is 249 cm³/mol. The molecule has 3 heterocycles. The maximum atomic E-state index is 8.61. The van der Waals surface area contributed by atoms with Crippen molar-refractivity contribution in [3.8, 4) is 44.8 Å². The second-order valence-electron chi connectivity index (χ2n) is 18.1. The zero-order valence-electron chi connectivity index (χ0n) is 37.1. The molecule has 0 atom stereocenters. The summed E-state index contributed by atoms with van der Waals surface area (Å²) in [5, 5.41) is 3.50. The number of pyridine rings is 2. The normalized spacial score (nSPS) is 12.2.